The van der Waals surface area contributed by atoms with Crippen LogP contribution in [0.2, 0.25) is 10.0 Å². The van der Waals surface area contributed by atoms with Crippen LogP contribution in [0.3, 0.4) is 0 Å². The maximum absolute atomic E-state index is 9.44. The molecule has 0 fully saturated rings. The number of phenolic OH excluding ortho intramolecular Hbond substituents is 1. The van der Waals surface area contributed by atoms with Gasteiger partial charge in [0.15, 0.2) is 0 Å². The molecule has 0 bridgehead atoms. The van der Waals surface area contributed by atoms with Crippen LogP contribution in [0, 0.1) is 0 Å². The molecular formula is C8H9Cl2NO2. The molecule has 0 heterocycles. The number of halogens is 2. The van der Waals surface area contributed by atoms with Crippen LogP contribution < -0.4 is 5.73 Å². The number of benzene rings is 1. The molecule has 4 N–H and O–H groups in total. The van der Waals surface area contributed by atoms with E-state index in [1.807, 2.05) is 0 Å². The molecular weight excluding hydrogens is 213 g/mol. The van der Waals surface area contributed by atoms with Gasteiger partial charge in [0.25, 0.3) is 0 Å². The predicted molar refractivity (Wildman–Crippen MR) is 52.1 cm³/mol. The van der Waals surface area contributed by atoms with Crippen molar-refractivity contribution in [1.29, 1.82) is 0 Å². The summed E-state index contributed by atoms with van der Waals surface area (Å²) >= 11 is 11.3. The third-order valence-electron chi connectivity index (χ3n) is 1.65. The number of hydrogen-bond acceptors (Lipinski definition) is 3. The highest BCUT2D eigenvalue weighted by atomic mass is 35.5. The topological polar surface area (TPSA) is 66.5 Å². The molecule has 0 aromatic heterocycles. The summed E-state index contributed by atoms with van der Waals surface area (Å²) in [5, 5.41) is 18.7. The molecule has 0 amide bonds. The van der Waals surface area contributed by atoms with E-state index in [4.69, 9.17) is 34.0 Å². The van der Waals surface area contributed by atoms with E-state index in [2.05, 4.69) is 0 Å². The van der Waals surface area contributed by atoms with Gasteiger partial charge >= 0.3 is 0 Å². The van der Waals surface area contributed by atoms with Gasteiger partial charge in [-0.15, -0.1) is 0 Å². The van der Waals surface area contributed by atoms with Crippen LogP contribution in [0.4, 0.5) is 0 Å². The predicted octanol–water partition coefficient (Wildman–Crippen LogP) is 1.69. The summed E-state index contributed by atoms with van der Waals surface area (Å²) < 4.78 is 0. The smallest absolute Gasteiger partial charge is 0.139 e. The maximum Gasteiger partial charge on any atom is 0.139 e. The average molecular weight is 222 g/mol. The van der Waals surface area contributed by atoms with Crippen molar-refractivity contribution in [1.82, 2.24) is 0 Å². The lowest BCUT2D eigenvalue weighted by Gasteiger charge is -2.11. The molecule has 72 valence electrons. The summed E-state index contributed by atoms with van der Waals surface area (Å²) in [7, 11) is 0. The van der Waals surface area contributed by atoms with Crippen LogP contribution in [-0.4, -0.2) is 16.8 Å². The monoisotopic (exact) mass is 221 g/mol. The highest BCUT2D eigenvalue weighted by Crippen LogP contribution is 2.33. The van der Waals surface area contributed by atoms with Gasteiger partial charge in [0.05, 0.1) is 17.7 Å². The molecule has 0 radical (unpaired) electrons. The minimum absolute atomic E-state index is 0.131. The Morgan fingerprint density at radius 2 is 2.00 bits per heavy atom. The van der Waals surface area contributed by atoms with E-state index in [0.717, 1.165) is 0 Å². The average Bonchev–Trinajstić information content (AvgIpc) is 2.10. The van der Waals surface area contributed by atoms with Crippen molar-refractivity contribution in [2.75, 3.05) is 6.61 Å². The van der Waals surface area contributed by atoms with Crippen LogP contribution in [0.5, 0.6) is 5.75 Å². The highest BCUT2D eigenvalue weighted by molar-refractivity contribution is 6.35. The van der Waals surface area contributed by atoms with Crippen molar-refractivity contribution in [3.63, 3.8) is 0 Å². The second-order valence-corrected chi connectivity index (χ2v) is 3.46. The number of aromatic hydroxyl groups is 1. The van der Waals surface area contributed by atoms with E-state index < -0.39 is 6.04 Å². The van der Waals surface area contributed by atoms with E-state index >= 15 is 0 Å². The third-order valence-corrected chi connectivity index (χ3v) is 2.16. The van der Waals surface area contributed by atoms with Gasteiger partial charge in [-0.25, -0.2) is 0 Å². The number of aliphatic hydroxyl groups is 1. The van der Waals surface area contributed by atoms with Crippen molar-refractivity contribution < 1.29 is 10.2 Å². The van der Waals surface area contributed by atoms with Gasteiger partial charge in [-0.3, -0.25) is 0 Å². The first kappa shape index (κ1) is 10.6. The van der Waals surface area contributed by atoms with E-state index in [9.17, 15) is 5.11 Å². The fraction of sp³-hybridized carbons (Fsp3) is 0.250. The van der Waals surface area contributed by atoms with Crippen LogP contribution in [0.1, 0.15) is 11.6 Å². The third kappa shape index (κ3) is 2.25. The lowest BCUT2D eigenvalue weighted by atomic mass is 10.1. The van der Waals surface area contributed by atoms with E-state index in [1.54, 1.807) is 0 Å². The Bertz CT molecular complexity index is 317. The van der Waals surface area contributed by atoms with Gasteiger partial charge in [0.1, 0.15) is 5.75 Å². The summed E-state index contributed by atoms with van der Waals surface area (Å²) in [6, 6.07) is 2.21. The maximum atomic E-state index is 9.44. The molecule has 1 aromatic rings. The van der Waals surface area contributed by atoms with E-state index in [0.29, 0.717) is 10.6 Å². The first-order valence-electron chi connectivity index (χ1n) is 3.60. The van der Waals surface area contributed by atoms with E-state index in [1.165, 1.54) is 12.1 Å². The molecule has 13 heavy (non-hydrogen) atoms. The number of phenols is 1. The summed E-state index contributed by atoms with van der Waals surface area (Å²) in [6.45, 7) is -0.274. The molecule has 0 spiro atoms. The van der Waals surface area contributed by atoms with Gasteiger partial charge in [-0.05, 0) is 12.1 Å². The van der Waals surface area contributed by atoms with Crippen molar-refractivity contribution >= 4 is 23.2 Å². The summed E-state index contributed by atoms with van der Waals surface area (Å²) in [4.78, 5) is 0. The largest absolute Gasteiger partial charge is 0.506 e. The molecule has 0 saturated carbocycles. The molecule has 0 aliphatic carbocycles. The van der Waals surface area contributed by atoms with Gasteiger partial charge in [-0.2, -0.15) is 0 Å². The van der Waals surface area contributed by atoms with Crippen LogP contribution in [-0.2, 0) is 0 Å². The lowest BCUT2D eigenvalue weighted by Crippen LogP contribution is -2.14. The fourth-order valence-corrected chi connectivity index (χ4v) is 1.48. The zero-order valence-corrected chi connectivity index (χ0v) is 8.18. The fourth-order valence-electron chi connectivity index (χ4n) is 0.967. The number of hydrogen-bond donors (Lipinski definition) is 3. The molecule has 0 aliphatic rings. The minimum atomic E-state index is -0.670. The molecule has 1 atom stereocenters. The van der Waals surface area contributed by atoms with Crippen LogP contribution >= 0.6 is 23.2 Å². The Balaban J connectivity index is 3.20. The lowest BCUT2D eigenvalue weighted by molar-refractivity contribution is 0.265. The minimum Gasteiger partial charge on any atom is -0.506 e. The van der Waals surface area contributed by atoms with Crippen LogP contribution in [0.15, 0.2) is 12.1 Å². The van der Waals surface area contributed by atoms with E-state index in [-0.39, 0.29) is 17.4 Å². The summed E-state index contributed by atoms with van der Waals surface area (Å²) in [5.41, 5.74) is 5.85. The molecule has 3 nitrogen and oxygen atoms in total. The second-order valence-electron chi connectivity index (χ2n) is 2.61. The quantitative estimate of drug-likeness (QED) is 0.713. The van der Waals surface area contributed by atoms with Crippen molar-refractivity contribution in [2.45, 2.75) is 6.04 Å². The van der Waals surface area contributed by atoms with Crippen molar-refractivity contribution in [3.05, 3.63) is 27.7 Å². The Labute approximate surface area is 85.7 Å². The number of nitrogens with two attached hydrogens (primary N) is 1. The molecule has 1 rings (SSSR count). The van der Waals surface area contributed by atoms with Gasteiger partial charge < -0.3 is 15.9 Å². The Kier molecular flexibility index (Phi) is 3.39. The van der Waals surface area contributed by atoms with Gasteiger partial charge in [0, 0.05) is 10.6 Å². The summed E-state index contributed by atoms with van der Waals surface area (Å²) in [5.74, 6) is -0.132. The molecule has 5 heteroatoms. The number of rotatable bonds is 2. The normalized spacial score (nSPS) is 12.9. The van der Waals surface area contributed by atoms with Crippen LogP contribution in [0.25, 0.3) is 0 Å². The summed E-state index contributed by atoms with van der Waals surface area (Å²) in [6.07, 6.45) is 0. The Hall–Kier alpha value is -0.480. The van der Waals surface area contributed by atoms with Crippen molar-refractivity contribution in [2.24, 2.45) is 5.73 Å². The zero-order chi connectivity index (χ0) is 10.0. The Morgan fingerprint density at radius 1 is 1.38 bits per heavy atom. The molecule has 1 aromatic carbocycles. The highest BCUT2D eigenvalue weighted by Gasteiger charge is 2.13. The van der Waals surface area contributed by atoms with Gasteiger partial charge in [-0.1, -0.05) is 23.2 Å². The molecule has 0 aliphatic heterocycles. The SMILES string of the molecule is NC(CO)c1cc(Cl)cc(Cl)c1O. The molecule has 1 unspecified atom stereocenters. The first-order valence-corrected chi connectivity index (χ1v) is 4.36. The number of aliphatic hydroxyl groups excluding tert-OH is 1. The zero-order valence-electron chi connectivity index (χ0n) is 6.67. The standard InChI is InChI=1S/C8H9Cl2NO2/c9-4-1-5(7(11)3-12)8(13)6(10)2-4/h1-2,7,12-13H,3,11H2. The van der Waals surface area contributed by atoms with Gasteiger partial charge in [0.2, 0.25) is 0 Å². The second kappa shape index (κ2) is 4.15. The first-order chi connectivity index (χ1) is 6.06. The van der Waals surface area contributed by atoms with Crippen molar-refractivity contribution in [3.8, 4) is 5.75 Å². The molecule has 0 saturated heterocycles. The Morgan fingerprint density at radius 3 is 2.54 bits per heavy atom.